The fourth-order valence-electron chi connectivity index (χ4n) is 1.66. The second-order valence-corrected chi connectivity index (χ2v) is 5.19. The number of hydrogen-bond donors (Lipinski definition) is 2. The van der Waals surface area contributed by atoms with Crippen molar-refractivity contribution in [2.45, 2.75) is 33.2 Å². The first-order valence-corrected chi connectivity index (χ1v) is 6.68. The van der Waals surface area contributed by atoms with Gasteiger partial charge in [0.05, 0.1) is 12.1 Å². The highest BCUT2D eigenvalue weighted by molar-refractivity contribution is 5.95. The van der Waals surface area contributed by atoms with Gasteiger partial charge in [-0.05, 0) is 38.0 Å². The summed E-state index contributed by atoms with van der Waals surface area (Å²) >= 11 is 0. The van der Waals surface area contributed by atoms with Crippen molar-refractivity contribution in [2.24, 2.45) is 11.7 Å². The first-order chi connectivity index (χ1) is 8.92. The number of halogens is 1. The molecule has 0 aliphatic carbocycles. The van der Waals surface area contributed by atoms with Crippen LogP contribution >= 0.6 is 12.4 Å². The number of carbonyl (C=O) groups is 1. The van der Waals surface area contributed by atoms with Gasteiger partial charge in [-0.15, -0.1) is 12.4 Å². The molecule has 0 bridgehead atoms. The standard InChI is InChI=1S/C15H24N2O2.ClH/c1-5-19-13-8-6-7-12(9-13)14(18)17-15(4,10-16)11(2)3;/h6-9,11H,5,10,16H2,1-4H3,(H,17,18);1H. The molecule has 1 unspecified atom stereocenters. The predicted octanol–water partition coefficient (Wildman–Crippen LogP) is 2.61. The molecule has 114 valence electrons. The Kier molecular flexibility index (Phi) is 7.61. The second-order valence-electron chi connectivity index (χ2n) is 5.19. The van der Waals surface area contributed by atoms with E-state index >= 15 is 0 Å². The molecule has 1 rings (SSSR count). The van der Waals surface area contributed by atoms with Gasteiger partial charge in [0.2, 0.25) is 0 Å². The summed E-state index contributed by atoms with van der Waals surface area (Å²) in [6.07, 6.45) is 0. The van der Waals surface area contributed by atoms with Crippen LogP contribution in [0.2, 0.25) is 0 Å². The SMILES string of the molecule is CCOc1cccc(C(=O)NC(C)(CN)C(C)C)c1.Cl. The van der Waals surface area contributed by atoms with Gasteiger partial charge in [-0.25, -0.2) is 0 Å². The molecule has 1 aromatic carbocycles. The van der Waals surface area contributed by atoms with E-state index in [1.165, 1.54) is 0 Å². The Morgan fingerprint density at radius 2 is 2.10 bits per heavy atom. The molecule has 3 N–H and O–H groups in total. The van der Waals surface area contributed by atoms with Crippen LogP contribution in [-0.4, -0.2) is 24.6 Å². The summed E-state index contributed by atoms with van der Waals surface area (Å²) in [5, 5.41) is 3.01. The first kappa shape index (κ1) is 18.7. The lowest BCUT2D eigenvalue weighted by molar-refractivity contribution is 0.0882. The molecule has 0 fully saturated rings. The van der Waals surface area contributed by atoms with Gasteiger partial charge < -0.3 is 15.8 Å². The monoisotopic (exact) mass is 300 g/mol. The van der Waals surface area contributed by atoms with Gasteiger partial charge >= 0.3 is 0 Å². The van der Waals surface area contributed by atoms with E-state index in [0.717, 1.165) is 0 Å². The molecule has 0 saturated carbocycles. The number of amides is 1. The molecule has 0 heterocycles. The highest BCUT2D eigenvalue weighted by Gasteiger charge is 2.28. The average molecular weight is 301 g/mol. The Morgan fingerprint density at radius 1 is 1.45 bits per heavy atom. The zero-order valence-corrected chi connectivity index (χ0v) is 13.4. The fraction of sp³-hybridized carbons (Fsp3) is 0.533. The van der Waals surface area contributed by atoms with Crippen LogP contribution in [0.25, 0.3) is 0 Å². The quantitative estimate of drug-likeness (QED) is 0.849. The zero-order chi connectivity index (χ0) is 14.5. The van der Waals surface area contributed by atoms with Crippen LogP contribution < -0.4 is 15.8 Å². The van der Waals surface area contributed by atoms with E-state index in [-0.39, 0.29) is 24.2 Å². The lowest BCUT2D eigenvalue weighted by Gasteiger charge is -2.33. The highest BCUT2D eigenvalue weighted by atomic mass is 35.5. The smallest absolute Gasteiger partial charge is 0.251 e. The molecule has 0 saturated heterocycles. The van der Waals surface area contributed by atoms with Gasteiger partial charge in [-0.3, -0.25) is 4.79 Å². The van der Waals surface area contributed by atoms with E-state index in [2.05, 4.69) is 5.32 Å². The summed E-state index contributed by atoms with van der Waals surface area (Å²) in [5.74, 6) is 0.842. The van der Waals surface area contributed by atoms with E-state index < -0.39 is 5.54 Å². The number of nitrogens with one attached hydrogen (secondary N) is 1. The Morgan fingerprint density at radius 3 is 2.60 bits per heavy atom. The van der Waals surface area contributed by atoms with E-state index in [0.29, 0.717) is 24.5 Å². The van der Waals surface area contributed by atoms with Crippen molar-refractivity contribution >= 4 is 18.3 Å². The molecule has 0 aliphatic heterocycles. The predicted molar refractivity (Wildman–Crippen MR) is 84.6 cm³/mol. The second kappa shape index (κ2) is 8.12. The molecular weight excluding hydrogens is 276 g/mol. The maximum absolute atomic E-state index is 12.3. The third kappa shape index (κ3) is 4.69. The van der Waals surface area contributed by atoms with Gasteiger partial charge in [0.25, 0.3) is 5.91 Å². The Labute approximate surface area is 127 Å². The number of carbonyl (C=O) groups excluding carboxylic acids is 1. The Bertz CT molecular complexity index is 438. The number of nitrogens with two attached hydrogens (primary N) is 1. The summed E-state index contributed by atoms with van der Waals surface area (Å²) in [6, 6.07) is 7.17. The average Bonchev–Trinajstić information content (AvgIpc) is 2.39. The summed E-state index contributed by atoms with van der Waals surface area (Å²) in [7, 11) is 0. The van der Waals surface area contributed by atoms with Crippen molar-refractivity contribution in [3.63, 3.8) is 0 Å². The van der Waals surface area contributed by atoms with Crippen molar-refractivity contribution in [2.75, 3.05) is 13.2 Å². The maximum Gasteiger partial charge on any atom is 0.251 e. The van der Waals surface area contributed by atoms with E-state index in [1.54, 1.807) is 12.1 Å². The lowest BCUT2D eigenvalue weighted by atomic mass is 9.88. The van der Waals surface area contributed by atoms with Crippen molar-refractivity contribution in [3.05, 3.63) is 29.8 Å². The topological polar surface area (TPSA) is 64.3 Å². The first-order valence-electron chi connectivity index (χ1n) is 6.68. The van der Waals surface area contributed by atoms with Crippen LogP contribution in [0.15, 0.2) is 24.3 Å². The molecule has 0 aromatic heterocycles. The van der Waals surface area contributed by atoms with Gasteiger partial charge in [0, 0.05) is 12.1 Å². The minimum atomic E-state index is -0.404. The third-order valence-corrected chi connectivity index (χ3v) is 3.50. The molecule has 0 aliphatic rings. The molecule has 1 aromatic rings. The summed E-state index contributed by atoms with van der Waals surface area (Å²) < 4.78 is 5.40. The molecule has 4 nitrogen and oxygen atoms in total. The van der Waals surface area contributed by atoms with E-state index in [4.69, 9.17) is 10.5 Å². The van der Waals surface area contributed by atoms with Gasteiger partial charge in [-0.2, -0.15) is 0 Å². The van der Waals surface area contributed by atoms with Crippen LogP contribution in [0.3, 0.4) is 0 Å². The highest BCUT2D eigenvalue weighted by Crippen LogP contribution is 2.18. The molecular formula is C15H25ClN2O2. The van der Waals surface area contributed by atoms with Crippen LogP contribution in [0.4, 0.5) is 0 Å². The molecule has 0 radical (unpaired) electrons. The summed E-state index contributed by atoms with van der Waals surface area (Å²) in [4.78, 5) is 12.3. The minimum absolute atomic E-state index is 0. The van der Waals surface area contributed by atoms with Crippen molar-refractivity contribution < 1.29 is 9.53 Å². The Hall–Kier alpha value is -1.26. The van der Waals surface area contributed by atoms with Crippen LogP contribution in [0.5, 0.6) is 5.75 Å². The maximum atomic E-state index is 12.3. The number of rotatable bonds is 6. The minimum Gasteiger partial charge on any atom is -0.494 e. The molecule has 0 spiro atoms. The van der Waals surface area contributed by atoms with Gasteiger partial charge in [-0.1, -0.05) is 19.9 Å². The molecule has 1 amide bonds. The molecule has 5 heteroatoms. The van der Waals surface area contributed by atoms with Crippen molar-refractivity contribution in [1.29, 1.82) is 0 Å². The van der Waals surface area contributed by atoms with E-state index in [9.17, 15) is 4.79 Å². The van der Waals surface area contributed by atoms with Crippen LogP contribution in [0.1, 0.15) is 38.1 Å². The normalized spacial score (nSPS) is 13.3. The summed E-state index contributed by atoms with van der Waals surface area (Å²) in [5.41, 5.74) is 5.96. The zero-order valence-electron chi connectivity index (χ0n) is 12.6. The fourth-order valence-corrected chi connectivity index (χ4v) is 1.66. The van der Waals surface area contributed by atoms with E-state index in [1.807, 2.05) is 39.8 Å². The van der Waals surface area contributed by atoms with Gasteiger partial charge in [0.15, 0.2) is 0 Å². The summed E-state index contributed by atoms with van der Waals surface area (Å²) in [6.45, 7) is 8.95. The number of benzene rings is 1. The number of hydrogen-bond acceptors (Lipinski definition) is 3. The van der Waals surface area contributed by atoms with Crippen molar-refractivity contribution in [3.8, 4) is 5.75 Å². The van der Waals surface area contributed by atoms with Crippen molar-refractivity contribution in [1.82, 2.24) is 5.32 Å². The largest absolute Gasteiger partial charge is 0.494 e. The lowest BCUT2D eigenvalue weighted by Crippen LogP contribution is -2.55. The molecule has 20 heavy (non-hydrogen) atoms. The van der Waals surface area contributed by atoms with Crippen LogP contribution in [0, 0.1) is 5.92 Å². The van der Waals surface area contributed by atoms with Gasteiger partial charge in [0.1, 0.15) is 5.75 Å². The number of ether oxygens (including phenoxy) is 1. The third-order valence-electron chi connectivity index (χ3n) is 3.50. The Balaban J connectivity index is 0.00000361. The van der Waals surface area contributed by atoms with Crippen LogP contribution in [-0.2, 0) is 0 Å². The molecule has 1 atom stereocenters.